The Morgan fingerprint density at radius 2 is 1.84 bits per heavy atom. The van der Waals surface area contributed by atoms with Crippen LogP contribution in [0.4, 0.5) is 0 Å². The van der Waals surface area contributed by atoms with E-state index in [0.29, 0.717) is 12.4 Å². The van der Waals surface area contributed by atoms with Gasteiger partial charge in [-0.2, -0.15) is 0 Å². The number of carboxylic acid groups (broad SMARTS) is 1. The van der Waals surface area contributed by atoms with Crippen molar-refractivity contribution in [1.82, 2.24) is 4.90 Å². The van der Waals surface area contributed by atoms with Crippen LogP contribution in [0.3, 0.4) is 0 Å². The zero-order chi connectivity index (χ0) is 25.8. The maximum Gasteiger partial charge on any atom is 0.304 e. The summed E-state index contributed by atoms with van der Waals surface area (Å²) in [5.41, 5.74) is 3.61. The minimum absolute atomic E-state index is 0.0327. The zero-order valence-electron chi connectivity index (χ0n) is 20.8. The first-order valence-corrected chi connectivity index (χ1v) is 13.3. The molecule has 2 heterocycles. The molecule has 3 aromatic rings. The van der Waals surface area contributed by atoms with Gasteiger partial charge in [0.15, 0.2) is 0 Å². The van der Waals surface area contributed by atoms with E-state index in [9.17, 15) is 9.59 Å². The number of benzene rings is 2. The fraction of sp³-hybridized carbons (Fsp3) is 0.290. The smallest absolute Gasteiger partial charge is 0.304 e. The monoisotopic (exact) mass is 511 g/mol. The van der Waals surface area contributed by atoms with Crippen LogP contribution < -0.4 is 4.74 Å². The van der Waals surface area contributed by atoms with Crippen molar-refractivity contribution in [2.45, 2.75) is 44.1 Å². The van der Waals surface area contributed by atoms with Crippen LogP contribution in [0.2, 0.25) is 0 Å². The lowest BCUT2D eigenvalue weighted by atomic mass is 9.74. The van der Waals surface area contributed by atoms with Gasteiger partial charge in [0.25, 0.3) is 5.91 Å². The Morgan fingerprint density at radius 1 is 1.08 bits per heavy atom. The number of thiophene rings is 1. The Hall–Kier alpha value is -3.82. The third-order valence-electron chi connectivity index (χ3n) is 7.26. The van der Waals surface area contributed by atoms with Gasteiger partial charge in [-0.1, -0.05) is 54.5 Å². The summed E-state index contributed by atoms with van der Waals surface area (Å²) in [7, 11) is 0. The summed E-state index contributed by atoms with van der Waals surface area (Å²) < 4.78 is 5.93. The van der Waals surface area contributed by atoms with Gasteiger partial charge in [-0.3, -0.25) is 9.59 Å². The number of fused-ring (bicyclic) bond motifs is 2. The lowest BCUT2D eigenvalue weighted by Gasteiger charge is -2.39. The first-order chi connectivity index (χ1) is 18.0. The number of allylic oxidation sites excluding steroid dienone is 1. The molecular formula is C31H29NO4S. The number of hydrogen-bond donors (Lipinski definition) is 1. The topological polar surface area (TPSA) is 66.8 Å². The molecule has 1 atom stereocenters. The highest BCUT2D eigenvalue weighted by molar-refractivity contribution is 7.14. The third-order valence-corrected chi connectivity index (χ3v) is 8.30. The van der Waals surface area contributed by atoms with E-state index < -0.39 is 5.97 Å². The van der Waals surface area contributed by atoms with E-state index in [1.807, 2.05) is 41.3 Å². The van der Waals surface area contributed by atoms with Crippen molar-refractivity contribution in [2.24, 2.45) is 0 Å². The quantitative estimate of drug-likeness (QED) is 0.389. The SMILES string of the molecule is CC#CC(CC(=O)O)c1ccc(OCc2ccc(C(=O)N3CCC4(C=Cc5ccccc54)CC3)s2)cc1. The number of amides is 1. The van der Waals surface area contributed by atoms with Gasteiger partial charge < -0.3 is 14.7 Å². The highest BCUT2D eigenvalue weighted by Crippen LogP contribution is 2.43. The maximum atomic E-state index is 13.2. The molecule has 1 saturated heterocycles. The van der Waals surface area contributed by atoms with Gasteiger partial charge >= 0.3 is 5.97 Å². The van der Waals surface area contributed by atoms with Gasteiger partial charge in [0.05, 0.1) is 17.2 Å². The van der Waals surface area contributed by atoms with Crippen LogP contribution in [0, 0.1) is 11.8 Å². The van der Waals surface area contributed by atoms with Gasteiger partial charge in [-0.05, 0) is 60.7 Å². The summed E-state index contributed by atoms with van der Waals surface area (Å²) in [6, 6.07) is 19.8. The normalized spacial score (nSPS) is 16.1. The molecule has 0 bridgehead atoms. The Bertz CT molecular complexity index is 1380. The van der Waals surface area contributed by atoms with Crippen molar-refractivity contribution in [2.75, 3.05) is 13.1 Å². The van der Waals surface area contributed by atoms with Crippen LogP contribution >= 0.6 is 11.3 Å². The van der Waals surface area contributed by atoms with Crippen molar-refractivity contribution in [3.63, 3.8) is 0 Å². The van der Waals surface area contributed by atoms with Crippen molar-refractivity contribution < 1.29 is 19.4 Å². The summed E-state index contributed by atoms with van der Waals surface area (Å²) in [5, 5.41) is 9.12. The molecule has 0 radical (unpaired) electrons. The van der Waals surface area contributed by atoms with Gasteiger partial charge in [0.2, 0.25) is 0 Å². The average Bonchev–Trinajstić information content (AvgIpc) is 3.53. The van der Waals surface area contributed by atoms with E-state index in [2.05, 4.69) is 48.3 Å². The minimum Gasteiger partial charge on any atom is -0.488 e. The van der Waals surface area contributed by atoms with Gasteiger partial charge in [-0.15, -0.1) is 17.3 Å². The van der Waals surface area contributed by atoms with Gasteiger partial charge in [-0.25, -0.2) is 0 Å². The summed E-state index contributed by atoms with van der Waals surface area (Å²) in [6.45, 7) is 3.58. The fourth-order valence-corrected chi connectivity index (χ4v) is 6.15. The molecule has 5 rings (SSSR count). The molecule has 37 heavy (non-hydrogen) atoms. The number of piperidine rings is 1. The van der Waals surface area contributed by atoms with Crippen molar-refractivity contribution in [3.8, 4) is 17.6 Å². The van der Waals surface area contributed by atoms with Crippen LogP contribution in [-0.4, -0.2) is 35.0 Å². The molecule has 1 spiro atoms. The number of carboxylic acids is 1. The average molecular weight is 512 g/mol. The number of nitrogens with zero attached hydrogens (tertiary/aromatic N) is 1. The molecule has 1 amide bonds. The van der Waals surface area contributed by atoms with Crippen LogP contribution in [0.15, 0.2) is 66.7 Å². The van der Waals surface area contributed by atoms with Gasteiger partial charge in [0.1, 0.15) is 12.4 Å². The number of carbonyl (C=O) groups is 2. The Labute approximate surface area is 221 Å². The summed E-state index contributed by atoms with van der Waals surface area (Å²) in [6.07, 6.45) is 6.41. The molecule has 0 saturated carbocycles. The van der Waals surface area contributed by atoms with Crippen molar-refractivity contribution >= 4 is 29.3 Å². The molecule has 2 aliphatic rings. The van der Waals surface area contributed by atoms with Crippen molar-refractivity contribution in [1.29, 1.82) is 0 Å². The standard InChI is InChI=1S/C31H29NO4S/c1-2-5-24(20-29(33)34)22-8-10-25(11-9-22)36-21-26-12-13-28(37-26)30(35)32-18-16-31(17-19-32)15-14-23-6-3-4-7-27(23)31/h3-4,6-15,24H,16-21H2,1H3,(H,33,34). The van der Waals surface area contributed by atoms with Gasteiger partial charge in [0, 0.05) is 23.4 Å². The van der Waals surface area contributed by atoms with Crippen molar-refractivity contribution in [3.05, 3.63) is 93.2 Å². The molecule has 1 N–H and O–H groups in total. The molecule has 5 nitrogen and oxygen atoms in total. The van der Waals surface area contributed by atoms with E-state index in [-0.39, 0.29) is 23.7 Å². The van der Waals surface area contributed by atoms with E-state index in [0.717, 1.165) is 41.2 Å². The highest BCUT2D eigenvalue weighted by Gasteiger charge is 2.39. The lowest BCUT2D eigenvalue weighted by molar-refractivity contribution is -0.137. The second-order valence-electron chi connectivity index (χ2n) is 9.54. The fourth-order valence-electron chi connectivity index (χ4n) is 5.26. The predicted octanol–water partition coefficient (Wildman–Crippen LogP) is 6.11. The number of rotatable bonds is 7. The lowest BCUT2D eigenvalue weighted by Crippen LogP contribution is -2.43. The molecule has 2 aromatic carbocycles. The number of likely N-dealkylation sites (tertiary alicyclic amines) is 1. The van der Waals surface area contributed by atoms with Crippen LogP contribution in [0.1, 0.15) is 63.3 Å². The Morgan fingerprint density at radius 3 is 2.57 bits per heavy atom. The Kier molecular flexibility index (Phi) is 7.16. The molecular weight excluding hydrogens is 482 g/mol. The molecule has 1 aliphatic carbocycles. The largest absolute Gasteiger partial charge is 0.488 e. The number of carbonyl (C=O) groups excluding carboxylic acids is 1. The van der Waals surface area contributed by atoms with E-state index in [4.69, 9.17) is 9.84 Å². The number of aliphatic carboxylic acids is 1. The zero-order valence-corrected chi connectivity index (χ0v) is 21.6. The first-order valence-electron chi connectivity index (χ1n) is 12.5. The first kappa shape index (κ1) is 24.9. The van der Waals surface area contributed by atoms with Crippen LogP contribution in [-0.2, 0) is 16.8 Å². The minimum atomic E-state index is -0.874. The molecule has 1 aromatic heterocycles. The van der Waals surface area contributed by atoms with E-state index >= 15 is 0 Å². The maximum absolute atomic E-state index is 13.2. The second-order valence-corrected chi connectivity index (χ2v) is 10.7. The van der Waals surface area contributed by atoms with E-state index in [1.54, 1.807) is 6.92 Å². The molecule has 1 unspecified atom stereocenters. The highest BCUT2D eigenvalue weighted by atomic mass is 32.1. The summed E-state index contributed by atoms with van der Waals surface area (Å²) >= 11 is 1.47. The molecule has 6 heteroatoms. The number of hydrogen-bond acceptors (Lipinski definition) is 4. The van der Waals surface area contributed by atoms with Crippen LogP contribution in [0.25, 0.3) is 6.08 Å². The number of ether oxygens (including phenoxy) is 1. The Balaban J connectivity index is 1.16. The predicted molar refractivity (Wildman–Crippen MR) is 146 cm³/mol. The summed E-state index contributed by atoms with van der Waals surface area (Å²) in [4.78, 5) is 28.0. The molecule has 188 valence electrons. The third kappa shape index (κ3) is 5.33. The molecule has 1 fully saturated rings. The molecule has 1 aliphatic heterocycles. The summed E-state index contributed by atoms with van der Waals surface area (Å²) in [5.74, 6) is 5.33. The second kappa shape index (κ2) is 10.7. The van der Waals surface area contributed by atoms with E-state index in [1.165, 1.54) is 22.5 Å². The van der Waals surface area contributed by atoms with Crippen LogP contribution in [0.5, 0.6) is 5.75 Å².